The number of nitrogens with one attached hydrogen (secondary N) is 2. The molecule has 0 bridgehead atoms. The Morgan fingerprint density at radius 2 is 2.15 bits per heavy atom. The Morgan fingerprint density at radius 1 is 1.42 bits per heavy atom. The Labute approximate surface area is 154 Å². The third kappa shape index (κ3) is 5.89. The first-order valence-corrected chi connectivity index (χ1v) is 9.23. The van der Waals surface area contributed by atoms with Crippen LogP contribution in [0.3, 0.4) is 0 Å². The Balaban J connectivity index is 1.82. The number of aromatic nitrogens is 2. The molecule has 0 saturated carbocycles. The summed E-state index contributed by atoms with van der Waals surface area (Å²) in [6, 6.07) is 0.282. The molecule has 0 atom stereocenters. The van der Waals surface area contributed by atoms with Gasteiger partial charge in [0.1, 0.15) is 0 Å². The molecular weight excluding hydrogens is 336 g/mol. The summed E-state index contributed by atoms with van der Waals surface area (Å²) in [5, 5.41) is 10.7. The molecule has 1 aromatic rings. The Morgan fingerprint density at radius 3 is 2.73 bits per heavy atom. The summed E-state index contributed by atoms with van der Waals surface area (Å²) in [4.78, 5) is 22.2. The zero-order chi connectivity index (χ0) is 18.9. The average Bonchev–Trinajstić information content (AvgIpc) is 3.11. The number of rotatable bonds is 6. The molecule has 2 N–H and O–H groups in total. The quantitative estimate of drug-likeness (QED) is 0.581. The molecule has 1 saturated heterocycles. The number of likely N-dealkylation sites (tertiary alicyclic amines) is 1. The van der Waals surface area contributed by atoms with Gasteiger partial charge >= 0.3 is 6.09 Å². The van der Waals surface area contributed by atoms with Crippen LogP contribution >= 0.6 is 0 Å². The summed E-state index contributed by atoms with van der Waals surface area (Å²) in [5.74, 6) is 2.37. The van der Waals surface area contributed by atoms with Gasteiger partial charge in [0.2, 0.25) is 5.89 Å². The van der Waals surface area contributed by atoms with Gasteiger partial charge in [-0.3, -0.25) is 4.99 Å². The van der Waals surface area contributed by atoms with Crippen molar-refractivity contribution in [1.82, 2.24) is 25.7 Å². The number of nitrogens with zero attached hydrogens (tertiary/aromatic N) is 4. The van der Waals surface area contributed by atoms with Crippen molar-refractivity contribution in [2.24, 2.45) is 4.99 Å². The lowest BCUT2D eigenvalue weighted by Crippen LogP contribution is -2.49. The van der Waals surface area contributed by atoms with Crippen molar-refractivity contribution in [1.29, 1.82) is 0 Å². The predicted octanol–water partition coefficient (Wildman–Crippen LogP) is 1.52. The van der Waals surface area contributed by atoms with E-state index >= 15 is 0 Å². The van der Waals surface area contributed by atoms with E-state index in [1.165, 1.54) is 7.11 Å². The maximum atomic E-state index is 11.5. The minimum absolute atomic E-state index is 0.255. The van der Waals surface area contributed by atoms with Crippen LogP contribution in [-0.2, 0) is 11.2 Å². The second-order valence-corrected chi connectivity index (χ2v) is 6.59. The molecule has 0 radical (unpaired) electrons. The zero-order valence-corrected chi connectivity index (χ0v) is 16.1. The van der Waals surface area contributed by atoms with Crippen molar-refractivity contribution >= 4 is 12.1 Å². The van der Waals surface area contributed by atoms with Crippen molar-refractivity contribution in [2.45, 2.75) is 52.0 Å². The fraction of sp³-hybridized carbons (Fsp3) is 0.765. The lowest BCUT2D eigenvalue weighted by atomic mass is 10.1. The van der Waals surface area contributed by atoms with E-state index in [-0.39, 0.29) is 18.1 Å². The number of carbonyl (C=O) groups is 1. The number of piperidine rings is 1. The second-order valence-electron chi connectivity index (χ2n) is 6.59. The number of guanidine groups is 1. The molecule has 146 valence electrons. The molecular formula is C17H30N6O3. The minimum Gasteiger partial charge on any atom is -0.453 e. The zero-order valence-electron chi connectivity index (χ0n) is 16.1. The third-order valence-corrected chi connectivity index (χ3v) is 4.21. The number of ether oxygens (including phenoxy) is 1. The fourth-order valence-corrected chi connectivity index (χ4v) is 2.72. The first-order valence-electron chi connectivity index (χ1n) is 9.23. The molecule has 1 aromatic heterocycles. The molecule has 9 nitrogen and oxygen atoms in total. The summed E-state index contributed by atoms with van der Waals surface area (Å²) in [6.45, 7) is 8.81. The van der Waals surface area contributed by atoms with Gasteiger partial charge in [-0.25, -0.2) is 4.79 Å². The largest absolute Gasteiger partial charge is 0.453 e. The van der Waals surface area contributed by atoms with E-state index in [1.54, 1.807) is 4.90 Å². The maximum Gasteiger partial charge on any atom is 0.409 e. The molecule has 26 heavy (non-hydrogen) atoms. The Kier molecular flexibility index (Phi) is 7.68. The highest BCUT2D eigenvalue weighted by molar-refractivity contribution is 5.80. The van der Waals surface area contributed by atoms with Crippen molar-refractivity contribution in [2.75, 3.05) is 33.3 Å². The van der Waals surface area contributed by atoms with Gasteiger partial charge in [0.05, 0.1) is 13.7 Å². The summed E-state index contributed by atoms with van der Waals surface area (Å²) in [6.07, 6.45) is 2.07. The molecule has 1 amide bonds. The van der Waals surface area contributed by atoms with E-state index < -0.39 is 0 Å². The SMILES string of the molecule is CCNC(=NCCc1nc(C(C)C)no1)NC1CCN(C(=O)OC)CC1. The highest BCUT2D eigenvalue weighted by Gasteiger charge is 2.23. The summed E-state index contributed by atoms with van der Waals surface area (Å²) in [5.41, 5.74) is 0. The molecule has 0 unspecified atom stereocenters. The lowest BCUT2D eigenvalue weighted by molar-refractivity contribution is 0.111. The molecule has 1 aliphatic heterocycles. The van der Waals surface area contributed by atoms with Gasteiger partial charge in [-0.05, 0) is 19.8 Å². The van der Waals surface area contributed by atoms with Crippen molar-refractivity contribution in [3.8, 4) is 0 Å². The first-order chi connectivity index (χ1) is 12.5. The fourth-order valence-electron chi connectivity index (χ4n) is 2.72. The number of hydrogen-bond acceptors (Lipinski definition) is 6. The standard InChI is InChI=1S/C17H30N6O3/c1-5-18-16(19-9-6-14-21-15(12(2)3)22-26-14)20-13-7-10-23(11-8-13)17(24)25-4/h12-13H,5-11H2,1-4H3,(H2,18,19,20). The van der Waals surface area contributed by atoms with Crippen LogP contribution < -0.4 is 10.6 Å². The van der Waals surface area contributed by atoms with E-state index in [0.717, 1.165) is 31.2 Å². The molecule has 1 aliphatic rings. The number of hydrogen-bond donors (Lipinski definition) is 2. The van der Waals surface area contributed by atoms with Crippen LogP contribution in [0.15, 0.2) is 9.52 Å². The van der Waals surface area contributed by atoms with E-state index in [2.05, 4.69) is 25.8 Å². The summed E-state index contributed by atoms with van der Waals surface area (Å²) < 4.78 is 10.0. The van der Waals surface area contributed by atoms with Crippen LogP contribution in [-0.4, -0.2) is 66.4 Å². The average molecular weight is 366 g/mol. The smallest absolute Gasteiger partial charge is 0.409 e. The molecule has 0 aliphatic carbocycles. The van der Waals surface area contributed by atoms with Gasteiger partial charge in [-0.2, -0.15) is 4.98 Å². The topological polar surface area (TPSA) is 105 Å². The van der Waals surface area contributed by atoms with Crippen molar-refractivity contribution in [3.63, 3.8) is 0 Å². The van der Waals surface area contributed by atoms with Crippen LogP contribution in [0.5, 0.6) is 0 Å². The van der Waals surface area contributed by atoms with Crippen LogP contribution in [0, 0.1) is 0 Å². The number of aliphatic imine (C=N–C) groups is 1. The Hall–Kier alpha value is -2.32. The van der Waals surface area contributed by atoms with E-state index in [1.807, 2.05) is 20.8 Å². The van der Waals surface area contributed by atoms with Crippen LogP contribution in [0.1, 0.15) is 51.2 Å². The molecule has 0 aromatic carbocycles. The summed E-state index contributed by atoms with van der Waals surface area (Å²) >= 11 is 0. The number of carbonyl (C=O) groups excluding carboxylic acids is 1. The molecule has 2 heterocycles. The molecule has 9 heteroatoms. The van der Waals surface area contributed by atoms with Crippen molar-refractivity contribution in [3.05, 3.63) is 11.7 Å². The van der Waals surface area contributed by atoms with Crippen LogP contribution in [0.4, 0.5) is 4.79 Å². The van der Waals surface area contributed by atoms with Gasteiger partial charge in [-0.1, -0.05) is 19.0 Å². The highest BCUT2D eigenvalue weighted by Crippen LogP contribution is 2.12. The van der Waals surface area contributed by atoms with E-state index in [9.17, 15) is 4.79 Å². The van der Waals surface area contributed by atoms with Crippen molar-refractivity contribution < 1.29 is 14.1 Å². The van der Waals surface area contributed by atoms with Gasteiger partial charge in [0.25, 0.3) is 0 Å². The predicted molar refractivity (Wildman–Crippen MR) is 98.2 cm³/mol. The second kappa shape index (κ2) is 9.98. The Bertz CT molecular complexity index is 593. The van der Waals surface area contributed by atoms with E-state index in [4.69, 9.17) is 9.26 Å². The lowest BCUT2D eigenvalue weighted by Gasteiger charge is -2.32. The van der Waals surface area contributed by atoms with Gasteiger partial charge < -0.3 is 24.8 Å². The van der Waals surface area contributed by atoms with Gasteiger partial charge in [0, 0.05) is 38.0 Å². The van der Waals surface area contributed by atoms with Gasteiger partial charge in [-0.15, -0.1) is 0 Å². The molecule has 2 rings (SSSR count). The number of amides is 1. The van der Waals surface area contributed by atoms with Gasteiger partial charge in [0.15, 0.2) is 11.8 Å². The third-order valence-electron chi connectivity index (χ3n) is 4.21. The monoisotopic (exact) mass is 366 g/mol. The van der Waals surface area contributed by atoms with Crippen LogP contribution in [0.25, 0.3) is 0 Å². The maximum absolute atomic E-state index is 11.5. The highest BCUT2D eigenvalue weighted by atomic mass is 16.5. The molecule has 0 spiro atoms. The summed E-state index contributed by atoms with van der Waals surface area (Å²) in [7, 11) is 1.41. The van der Waals surface area contributed by atoms with E-state index in [0.29, 0.717) is 31.9 Å². The first kappa shape index (κ1) is 20.0. The molecule has 1 fully saturated rings. The number of methoxy groups -OCH3 is 1. The van der Waals surface area contributed by atoms with Crippen LogP contribution in [0.2, 0.25) is 0 Å². The normalized spacial score (nSPS) is 16.0. The minimum atomic E-state index is -0.260.